The molecule has 2 aromatic heterocycles. The molecule has 5 heteroatoms. The number of likely N-dealkylation sites (tertiary alicyclic amines) is 1. The van der Waals surface area contributed by atoms with Crippen molar-refractivity contribution < 1.29 is 0 Å². The van der Waals surface area contributed by atoms with E-state index in [1.807, 2.05) is 29.3 Å². The lowest BCUT2D eigenvalue weighted by Crippen LogP contribution is -2.29. The van der Waals surface area contributed by atoms with Gasteiger partial charge >= 0.3 is 0 Å². The van der Waals surface area contributed by atoms with E-state index in [0.717, 1.165) is 48.3 Å². The van der Waals surface area contributed by atoms with Crippen molar-refractivity contribution in [2.75, 3.05) is 6.54 Å². The van der Waals surface area contributed by atoms with E-state index in [1.54, 1.807) is 0 Å². The molecular weight excluding hydrogens is 286 g/mol. The Labute approximate surface area is 134 Å². The zero-order valence-corrected chi connectivity index (χ0v) is 12.7. The first-order chi connectivity index (χ1) is 11.3. The summed E-state index contributed by atoms with van der Waals surface area (Å²) in [5.41, 5.74) is 3.83. The highest BCUT2D eigenvalue weighted by atomic mass is 15.2. The second-order valence-corrected chi connectivity index (χ2v) is 5.89. The molecule has 1 aliphatic heterocycles. The fraction of sp³-hybridized carbons (Fsp3) is 0.278. The average Bonchev–Trinajstić information content (AvgIpc) is 3.05. The number of nitrogens with zero attached hydrogens (tertiary/aromatic N) is 4. The smallest absolute Gasteiger partial charge is 0.180 e. The van der Waals surface area contributed by atoms with Crippen molar-refractivity contribution in [2.24, 2.45) is 0 Å². The van der Waals surface area contributed by atoms with E-state index < -0.39 is 0 Å². The van der Waals surface area contributed by atoms with Gasteiger partial charge in [0.05, 0.1) is 11.6 Å². The number of H-pyrrole nitrogens is 1. The first kappa shape index (κ1) is 13.8. The fourth-order valence-corrected chi connectivity index (χ4v) is 3.20. The average molecular weight is 303 g/mol. The molecule has 0 radical (unpaired) electrons. The predicted octanol–water partition coefficient (Wildman–Crippen LogP) is 3.63. The van der Waals surface area contributed by atoms with Crippen LogP contribution in [0.5, 0.6) is 0 Å². The number of imidazole rings is 1. The number of nitriles is 1. The monoisotopic (exact) mass is 303 g/mol. The van der Waals surface area contributed by atoms with Gasteiger partial charge in [0.2, 0.25) is 0 Å². The van der Waals surface area contributed by atoms with Gasteiger partial charge in [-0.2, -0.15) is 5.26 Å². The van der Waals surface area contributed by atoms with Gasteiger partial charge in [0.1, 0.15) is 5.82 Å². The maximum Gasteiger partial charge on any atom is 0.180 e. The van der Waals surface area contributed by atoms with Crippen LogP contribution in [0.2, 0.25) is 0 Å². The van der Waals surface area contributed by atoms with Gasteiger partial charge in [-0.05, 0) is 30.9 Å². The van der Waals surface area contributed by atoms with Crippen LogP contribution in [0, 0.1) is 11.5 Å². The number of piperidine rings is 1. The van der Waals surface area contributed by atoms with E-state index in [0.29, 0.717) is 5.65 Å². The maximum atomic E-state index is 9.31. The molecule has 1 fully saturated rings. The van der Waals surface area contributed by atoms with Crippen molar-refractivity contribution in [2.45, 2.75) is 25.3 Å². The van der Waals surface area contributed by atoms with Crippen molar-refractivity contribution in [1.29, 1.82) is 5.26 Å². The molecule has 0 aliphatic carbocycles. The number of pyridine rings is 1. The molecule has 1 saturated heterocycles. The maximum absolute atomic E-state index is 9.31. The van der Waals surface area contributed by atoms with Crippen LogP contribution in [-0.4, -0.2) is 26.4 Å². The summed E-state index contributed by atoms with van der Waals surface area (Å²) in [6.07, 6.45) is 7.29. The summed E-state index contributed by atoms with van der Waals surface area (Å²) in [5.74, 6) is 0.846. The minimum atomic E-state index is 0.0446. The molecule has 5 nitrogen and oxygen atoms in total. The van der Waals surface area contributed by atoms with Crippen molar-refractivity contribution in [3.63, 3.8) is 0 Å². The van der Waals surface area contributed by atoms with Crippen LogP contribution < -0.4 is 0 Å². The molecule has 3 heterocycles. The van der Waals surface area contributed by atoms with Crippen LogP contribution in [-0.2, 0) is 0 Å². The van der Waals surface area contributed by atoms with Crippen molar-refractivity contribution in [3.05, 3.63) is 48.4 Å². The highest BCUT2D eigenvalue weighted by Crippen LogP contribution is 2.30. The summed E-state index contributed by atoms with van der Waals surface area (Å²) < 4.78 is 0. The number of aromatic amines is 1. The molecule has 23 heavy (non-hydrogen) atoms. The number of rotatable bonds is 2. The Balaban J connectivity index is 1.72. The number of hydrogen-bond acceptors (Lipinski definition) is 4. The molecule has 1 N–H and O–H groups in total. The van der Waals surface area contributed by atoms with Crippen LogP contribution >= 0.6 is 0 Å². The molecule has 0 bridgehead atoms. The predicted molar refractivity (Wildman–Crippen MR) is 88.2 cm³/mol. The van der Waals surface area contributed by atoms with E-state index in [-0.39, 0.29) is 6.04 Å². The van der Waals surface area contributed by atoms with Gasteiger partial charge in [0, 0.05) is 18.3 Å². The fourth-order valence-electron chi connectivity index (χ4n) is 3.20. The van der Waals surface area contributed by atoms with Crippen LogP contribution in [0.25, 0.3) is 22.3 Å². The highest BCUT2D eigenvalue weighted by Gasteiger charge is 2.25. The van der Waals surface area contributed by atoms with Gasteiger partial charge in [0.15, 0.2) is 11.8 Å². The molecule has 114 valence electrons. The summed E-state index contributed by atoms with van der Waals surface area (Å²) in [5, 5.41) is 9.31. The minimum absolute atomic E-state index is 0.0446. The number of hydrogen-bond donors (Lipinski definition) is 1. The van der Waals surface area contributed by atoms with E-state index in [1.165, 1.54) is 0 Å². The molecule has 0 spiro atoms. The molecule has 0 saturated carbocycles. The van der Waals surface area contributed by atoms with Crippen LogP contribution in [0.15, 0.2) is 42.6 Å². The highest BCUT2D eigenvalue weighted by molar-refractivity contribution is 5.78. The normalized spacial score (nSPS) is 18.0. The van der Waals surface area contributed by atoms with Crippen molar-refractivity contribution >= 4 is 11.2 Å². The Morgan fingerprint density at radius 3 is 2.87 bits per heavy atom. The first-order valence-electron chi connectivity index (χ1n) is 7.92. The SMILES string of the molecule is N#CN1CCCCC1c1nc2ncc(-c3ccccc3)cc2[nH]1. The van der Waals surface area contributed by atoms with Gasteiger partial charge in [-0.3, -0.25) is 0 Å². The van der Waals surface area contributed by atoms with Gasteiger partial charge in [-0.25, -0.2) is 9.97 Å². The molecule has 3 aromatic rings. The Morgan fingerprint density at radius 1 is 1.17 bits per heavy atom. The molecule has 1 aliphatic rings. The molecule has 1 atom stereocenters. The lowest BCUT2D eigenvalue weighted by Gasteiger charge is -2.29. The number of benzene rings is 1. The molecule has 1 unspecified atom stereocenters. The van der Waals surface area contributed by atoms with Gasteiger partial charge in [-0.15, -0.1) is 0 Å². The van der Waals surface area contributed by atoms with E-state index in [9.17, 15) is 5.26 Å². The zero-order valence-electron chi connectivity index (χ0n) is 12.7. The van der Waals surface area contributed by atoms with E-state index >= 15 is 0 Å². The van der Waals surface area contributed by atoms with Crippen molar-refractivity contribution in [3.8, 4) is 17.3 Å². The van der Waals surface area contributed by atoms with E-state index in [2.05, 4.69) is 39.3 Å². The third kappa shape index (κ3) is 2.53. The Kier molecular flexibility index (Phi) is 3.43. The summed E-state index contributed by atoms with van der Waals surface area (Å²) in [6, 6.07) is 12.3. The summed E-state index contributed by atoms with van der Waals surface area (Å²) in [7, 11) is 0. The summed E-state index contributed by atoms with van der Waals surface area (Å²) >= 11 is 0. The molecule has 4 rings (SSSR count). The molecule has 0 amide bonds. The third-order valence-corrected chi connectivity index (χ3v) is 4.41. The first-order valence-corrected chi connectivity index (χ1v) is 7.92. The number of nitrogens with one attached hydrogen (secondary N) is 1. The van der Waals surface area contributed by atoms with Gasteiger partial charge in [0.25, 0.3) is 0 Å². The lowest BCUT2D eigenvalue weighted by molar-refractivity contribution is 0.219. The number of aromatic nitrogens is 3. The van der Waals surface area contributed by atoms with Gasteiger partial charge < -0.3 is 9.88 Å². The largest absolute Gasteiger partial charge is 0.339 e. The zero-order chi connectivity index (χ0) is 15.6. The Bertz CT molecular complexity index is 862. The van der Waals surface area contributed by atoms with Crippen LogP contribution in [0.3, 0.4) is 0 Å². The van der Waals surface area contributed by atoms with Crippen LogP contribution in [0.1, 0.15) is 31.1 Å². The number of fused-ring (bicyclic) bond motifs is 1. The standard InChI is InChI=1S/C18H17N5/c19-12-23-9-5-4-8-16(23)18-21-15-10-14(11-20-17(15)22-18)13-6-2-1-3-7-13/h1-3,6-7,10-11,16H,4-5,8-9H2,(H,20,21,22). The Hall–Kier alpha value is -2.87. The third-order valence-electron chi connectivity index (χ3n) is 4.41. The lowest BCUT2D eigenvalue weighted by atomic mass is 10.0. The summed E-state index contributed by atoms with van der Waals surface area (Å²) in [4.78, 5) is 14.3. The minimum Gasteiger partial charge on any atom is -0.339 e. The van der Waals surface area contributed by atoms with E-state index in [4.69, 9.17) is 0 Å². The molecular formula is C18H17N5. The van der Waals surface area contributed by atoms with Crippen molar-refractivity contribution in [1.82, 2.24) is 19.9 Å². The summed E-state index contributed by atoms with van der Waals surface area (Å²) in [6.45, 7) is 0.806. The second-order valence-electron chi connectivity index (χ2n) is 5.89. The van der Waals surface area contributed by atoms with Gasteiger partial charge in [-0.1, -0.05) is 30.3 Å². The Morgan fingerprint density at radius 2 is 2.04 bits per heavy atom. The topological polar surface area (TPSA) is 68.6 Å². The quantitative estimate of drug-likeness (QED) is 0.734. The second kappa shape index (κ2) is 5.73. The van der Waals surface area contributed by atoms with Crippen LogP contribution in [0.4, 0.5) is 0 Å². The molecule has 1 aromatic carbocycles.